The second kappa shape index (κ2) is 8.32. The highest BCUT2D eigenvalue weighted by Gasteiger charge is 2.34. The molecular formula is C19H28N2O4. The molecule has 0 aromatic carbocycles. The Morgan fingerprint density at radius 3 is 2.40 bits per heavy atom. The topological polar surface area (TPSA) is 77.5 Å². The zero-order valence-electron chi connectivity index (χ0n) is 15.5. The van der Waals surface area contributed by atoms with Crippen molar-refractivity contribution in [3.05, 3.63) is 24.0 Å². The first-order valence-corrected chi connectivity index (χ1v) is 8.84. The molecule has 1 fully saturated rings. The first-order chi connectivity index (χ1) is 11.8. The summed E-state index contributed by atoms with van der Waals surface area (Å²) in [6.45, 7) is 5.49. The van der Waals surface area contributed by atoms with E-state index in [1.165, 1.54) is 12.6 Å². The van der Waals surface area contributed by atoms with Gasteiger partial charge in [0.05, 0.1) is 13.3 Å². The highest BCUT2D eigenvalue weighted by Crippen LogP contribution is 2.28. The molecule has 1 aliphatic carbocycles. The van der Waals surface area contributed by atoms with Gasteiger partial charge in [-0.3, -0.25) is 4.79 Å². The van der Waals surface area contributed by atoms with Crippen LogP contribution >= 0.6 is 0 Å². The van der Waals surface area contributed by atoms with E-state index in [4.69, 9.17) is 9.47 Å². The molecule has 0 saturated heterocycles. The predicted molar refractivity (Wildman–Crippen MR) is 94.5 cm³/mol. The SMILES string of the molecule is COc1ccc(C(=O)N[C@H](C(=O)OC(C)(C)C)C2CCCCC2)nc1. The number of esters is 1. The molecular weight excluding hydrogens is 320 g/mol. The molecule has 25 heavy (non-hydrogen) atoms. The fourth-order valence-corrected chi connectivity index (χ4v) is 3.05. The maximum atomic E-state index is 12.6. The molecule has 1 aromatic heterocycles. The molecule has 2 rings (SSSR count). The van der Waals surface area contributed by atoms with Gasteiger partial charge in [0.1, 0.15) is 23.1 Å². The number of pyridine rings is 1. The molecule has 138 valence electrons. The summed E-state index contributed by atoms with van der Waals surface area (Å²) in [7, 11) is 1.54. The number of hydrogen-bond acceptors (Lipinski definition) is 5. The first kappa shape index (κ1) is 19.2. The van der Waals surface area contributed by atoms with E-state index in [2.05, 4.69) is 10.3 Å². The van der Waals surface area contributed by atoms with Gasteiger partial charge in [-0.15, -0.1) is 0 Å². The van der Waals surface area contributed by atoms with E-state index in [-0.39, 0.29) is 23.5 Å². The third kappa shape index (κ3) is 5.73. The number of hydrogen-bond donors (Lipinski definition) is 1. The van der Waals surface area contributed by atoms with Gasteiger partial charge < -0.3 is 14.8 Å². The summed E-state index contributed by atoms with van der Waals surface area (Å²) in [6.07, 6.45) is 6.63. The highest BCUT2D eigenvalue weighted by molar-refractivity contribution is 5.95. The molecule has 1 amide bonds. The third-order valence-corrected chi connectivity index (χ3v) is 4.27. The molecule has 1 heterocycles. The van der Waals surface area contributed by atoms with Crippen molar-refractivity contribution in [2.75, 3.05) is 7.11 Å². The van der Waals surface area contributed by atoms with Gasteiger partial charge in [-0.25, -0.2) is 9.78 Å². The Morgan fingerprint density at radius 2 is 1.88 bits per heavy atom. The number of carbonyl (C=O) groups excluding carboxylic acids is 2. The van der Waals surface area contributed by atoms with Gasteiger partial charge in [0.25, 0.3) is 5.91 Å². The Hall–Kier alpha value is -2.11. The second-order valence-corrected chi connectivity index (χ2v) is 7.47. The van der Waals surface area contributed by atoms with Gasteiger partial charge in [-0.2, -0.15) is 0 Å². The van der Waals surface area contributed by atoms with Crippen LogP contribution in [0, 0.1) is 5.92 Å². The summed E-state index contributed by atoms with van der Waals surface area (Å²) in [5, 5.41) is 2.85. The van der Waals surface area contributed by atoms with Crippen molar-refractivity contribution in [3.63, 3.8) is 0 Å². The first-order valence-electron chi connectivity index (χ1n) is 8.84. The second-order valence-electron chi connectivity index (χ2n) is 7.47. The summed E-state index contributed by atoms with van der Waals surface area (Å²) in [5.41, 5.74) is -0.335. The lowest BCUT2D eigenvalue weighted by molar-refractivity contribution is -0.159. The number of carbonyl (C=O) groups is 2. The average molecular weight is 348 g/mol. The Balaban J connectivity index is 2.13. The van der Waals surface area contributed by atoms with Crippen molar-refractivity contribution in [1.29, 1.82) is 0 Å². The van der Waals surface area contributed by atoms with Crippen LogP contribution in [0.2, 0.25) is 0 Å². The molecule has 0 spiro atoms. The fourth-order valence-electron chi connectivity index (χ4n) is 3.05. The molecule has 1 saturated carbocycles. The molecule has 0 radical (unpaired) electrons. The molecule has 1 aliphatic rings. The van der Waals surface area contributed by atoms with Crippen LogP contribution in [0.15, 0.2) is 18.3 Å². The Morgan fingerprint density at radius 1 is 1.20 bits per heavy atom. The summed E-state index contributed by atoms with van der Waals surface area (Å²) >= 11 is 0. The normalized spacial score (nSPS) is 16.8. The fraction of sp³-hybridized carbons (Fsp3) is 0.632. The predicted octanol–water partition coefficient (Wildman–Crippen LogP) is 3.11. The Kier molecular flexibility index (Phi) is 6.39. The molecule has 6 nitrogen and oxygen atoms in total. The van der Waals surface area contributed by atoms with Crippen LogP contribution < -0.4 is 10.1 Å². The van der Waals surface area contributed by atoms with Gasteiger partial charge in [0, 0.05) is 0 Å². The number of ether oxygens (including phenoxy) is 2. The molecule has 0 bridgehead atoms. The maximum Gasteiger partial charge on any atom is 0.329 e. The summed E-state index contributed by atoms with van der Waals surface area (Å²) in [4.78, 5) is 29.3. The summed E-state index contributed by atoms with van der Waals surface area (Å²) in [5.74, 6) is -0.0660. The molecule has 0 aliphatic heterocycles. The van der Waals surface area contributed by atoms with E-state index in [1.54, 1.807) is 19.2 Å². The van der Waals surface area contributed by atoms with Crippen molar-refractivity contribution in [1.82, 2.24) is 10.3 Å². The van der Waals surface area contributed by atoms with Crippen LogP contribution in [0.1, 0.15) is 63.4 Å². The molecule has 1 N–H and O–H groups in total. The largest absolute Gasteiger partial charge is 0.495 e. The monoisotopic (exact) mass is 348 g/mol. The zero-order chi connectivity index (χ0) is 18.4. The van der Waals surface area contributed by atoms with E-state index in [9.17, 15) is 9.59 Å². The Labute approximate surface area is 149 Å². The van der Waals surface area contributed by atoms with E-state index in [1.807, 2.05) is 20.8 Å². The average Bonchev–Trinajstić information content (AvgIpc) is 2.58. The quantitative estimate of drug-likeness (QED) is 0.827. The number of amides is 1. The van der Waals surface area contributed by atoms with Crippen LogP contribution in [0.4, 0.5) is 0 Å². The third-order valence-electron chi connectivity index (χ3n) is 4.27. The lowest BCUT2D eigenvalue weighted by Crippen LogP contribution is -2.49. The number of nitrogens with one attached hydrogen (secondary N) is 1. The minimum absolute atomic E-state index is 0.103. The summed E-state index contributed by atoms with van der Waals surface area (Å²) in [6, 6.07) is 2.61. The van der Waals surface area contributed by atoms with Crippen molar-refractivity contribution < 1.29 is 19.1 Å². The van der Waals surface area contributed by atoms with Crippen molar-refractivity contribution >= 4 is 11.9 Å². The van der Waals surface area contributed by atoms with Crippen LogP contribution in [-0.4, -0.2) is 35.6 Å². The van der Waals surface area contributed by atoms with Crippen LogP contribution in [0.25, 0.3) is 0 Å². The molecule has 1 aromatic rings. The number of methoxy groups -OCH3 is 1. The van der Waals surface area contributed by atoms with Crippen molar-refractivity contribution in [2.24, 2.45) is 5.92 Å². The van der Waals surface area contributed by atoms with E-state index in [0.717, 1.165) is 25.7 Å². The maximum absolute atomic E-state index is 12.6. The van der Waals surface area contributed by atoms with E-state index in [0.29, 0.717) is 5.75 Å². The lowest BCUT2D eigenvalue weighted by Gasteiger charge is -2.31. The van der Waals surface area contributed by atoms with Crippen molar-refractivity contribution in [2.45, 2.75) is 64.5 Å². The molecule has 0 unspecified atom stereocenters. The van der Waals surface area contributed by atoms with Gasteiger partial charge in [-0.05, 0) is 51.7 Å². The summed E-state index contributed by atoms with van der Waals surface area (Å²) < 4.78 is 10.6. The minimum Gasteiger partial charge on any atom is -0.495 e. The molecule has 6 heteroatoms. The molecule has 1 atom stereocenters. The van der Waals surface area contributed by atoms with E-state index < -0.39 is 11.6 Å². The Bertz CT molecular complexity index is 586. The zero-order valence-corrected chi connectivity index (χ0v) is 15.5. The van der Waals surface area contributed by atoms with Crippen LogP contribution in [0.3, 0.4) is 0 Å². The number of rotatable bonds is 5. The van der Waals surface area contributed by atoms with Gasteiger partial charge in [0.15, 0.2) is 0 Å². The highest BCUT2D eigenvalue weighted by atomic mass is 16.6. The number of aromatic nitrogens is 1. The lowest BCUT2D eigenvalue weighted by atomic mass is 9.83. The standard InChI is InChI=1S/C19H28N2O4/c1-19(2,3)25-18(23)16(13-8-6-5-7-9-13)21-17(22)15-11-10-14(24-4)12-20-15/h10-13,16H,5-9H2,1-4H3,(H,21,22)/t16-/m0/s1. The van der Waals surface area contributed by atoms with Gasteiger partial charge >= 0.3 is 5.97 Å². The van der Waals surface area contributed by atoms with Gasteiger partial charge in [0.2, 0.25) is 0 Å². The number of nitrogens with zero attached hydrogens (tertiary/aromatic N) is 1. The van der Waals surface area contributed by atoms with E-state index >= 15 is 0 Å². The van der Waals surface area contributed by atoms with Crippen molar-refractivity contribution in [3.8, 4) is 5.75 Å². The minimum atomic E-state index is -0.643. The van der Waals surface area contributed by atoms with Crippen LogP contribution in [0.5, 0.6) is 5.75 Å². The smallest absolute Gasteiger partial charge is 0.329 e. The van der Waals surface area contributed by atoms with Crippen LogP contribution in [-0.2, 0) is 9.53 Å². The van der Waals surface area contributed by atoms with Gasteiger partial charge in [-0.1, -0.05) is 19.3 Å².